The van der Waals surface area contributed by atoms with E-state index in [0.717, 1.165) is 5.75 Å². The normalized spacial score (nSPS) is 14.2. The van der Waals surface area contributed by atoms with Crippen molar-refractivity contribution < 1.29 is 14.5 Å². The molecule has 0 unspecified atom stereocenters. The summed E-state index contributed by atoms with van der Waals surface area (Å²) in [5.41, 5.74) is 0.709. The Morgan fingerprint density at radius 3 is 2.35 bits per heavy atom. The Labute approximate surface area is 151 Å². The summed E-state index contributed by atoms with van der Waals surface area (Å²) in [4.78, 5) is 26.9. The minimum absolute atomic E-state index is 0.0446. The molecular weight excluding hydrogens is 334 g/mol. The van der Waals surface area contributed by atoms with E-state index in [9.17, 15) is 14.9 Å². The molecular formula is C19H21N3O4. The molecule has 2 aromatic carbocycles. The van der Waals surface area contributed by atoms with Gasteiger partial charge in [-0.3, -0.25) is 14.9 Å². The Morgan fingerprint density at radius 1 is 1.00 bits per heavy atom. The Bertz CT molecular complexity index is 758. The van der Waals surface area contributed by atoms with E-state index in [1.165, 1.54) is 6.07 Å². The summed E-state index contributed by atoms with van der Waals surface area (Å²) >= 11 is 0. The van der Waals surface area contributed by atoms with Gasteiger partial charge in [-0.05, 0) is 18.2 Å². The number of benzene rings is 2. The lowest BCUT2D eigenvalue weighted by molar-refractivity contribution is -0.384. The summed E-state index contributed by atoms with van der Waals surface area (Å²) in [7, 11) is 0. The molecule has 136 valence electrons. The van der Waals surface area contributed by atoms with Crippen LogP contribution >= 0.6 is 0 Å². The van der Waals surface area contributed by atoms with E-state index in [-0.39, 0.29) is 16.5 Å². The highest BCUT2D eigenvalue weighted by Crippen LogP contribution is 2.28. The quantitative estimate of drug-likeness (QED) is 0.588. The Morgan fingerprint density at radius 2 is 1.65 bits per heavy atom. The number of ether oxygens (including phenoxy) is 1. The second-order valence-corrected chi connectivity index (χ2v) is 6.03. The average Bonchev–Trinajstić information content (AvgIpc) is 2.69. The number of para-hydroxylation sites is 3. The monoisotopic (exact) mass is 355 g/mol. The van der Waals surface area contributed by atoms with E-state index in [1.54, 1.807) is 23.1 Å². The molecule has 1 aliphatic rings. The van der Waals surface area contributed by atoms with Crippen LogP contribution in [0.1, 0.15) is 6.42 Å². The minimum Gasteiger partial charge on any atom is -0.493 e. The van der Waals surface area contributed by atoms with Gasteiger partial charge in [-0.2, -0.15) is 0 Å². The van der Waals surface area contributed by atoms with Gasteiger partial charge in [0.1, 0.15) is 11.4 Å². The first-order valence-electron chi connectivity index (χ1n) is 8.59. The number of anilines is 1. The number of hydrogen-bond acceptors (Lipinski definition) is 5. The maximum Gasteiger partial charge on any atom is 0.292 e. The molecule has 0 spiro atoms. The smallest absolute Gasteiger partial charge is 0.292 e. The Kier molecular flexibility index (Phi) is 5.68. The molecule has 0 aliphatic carbocycles. The first-order chi connectivity index (χ1) is 12.6. The molecule has 0 bridgehead atoms. The van der Waals surface area contributed by atoms with Gasteiger partial charge in [0.2, 0.25) is 5.91 Å². The second-order valence-electron chi connectivity index (χ2n) is 6.03. The number of carbonyl (C=O) groups excluding carboxylic acids is 1. The zero-order chi connectivity index (χ0) is 18.4. The molecule has 0 saturated carbocycles. The van der Waals surface area contributed by atoms with Gasteiger partial charge in [0.05, 0.1) is 18.0 Å². The lowest BCUT2D eigenvalue weighted by atomic mass is 10.2. The minimum atomic E-state index is -0.367. The highest BCUT2D eigenvalue weighted by atomic mass is 16.6. The molecule has 2 aromatic rings. The first-order valence-corrected chi connectivity index (χ1v) is 8.59. The number of carbonyl (C=O) groups is 1. The van der Waals surface area contributed by atoms with Crippen molar-refractivity contribution in [2.45, 2.75) is 6.42 Å². The van der Waals surface area contributed by atoms with Crippen LogP contribution in [0, 0.1) is 10.1 Å². The summed E-state index contributed by atoms with van der Waals surface area (Å²) in [6, 6.07) is 16.1. The van der Waals surface area contributed by atoms with E-state index < -0.39 is 0 Å². The number of hydrogen-bond donors (Lipinski definition) is 0. The number of nitro benzene ring substituents is 1. The summed E-state index contributed by atoms with van der Waals surface area (Å²) in [5, 5.41) is 11.2. The number of amides is 1. The van der Waals surface area contributed by atoms with Gasteiger partial charge in [-0.1, -0.05) is 30.3 Å². The molecule has 1 fully saturated rings. The molecule has 1 aliphatic heterocycles. The van der Waals surface area contributed by atoms with Crippen molar-refractivity contribution in [2.75, 3.05) is 37.7 Å². The summed E-state index contributed by atoms with van der Waals surface area (Å²) < 4.78 is 5.57. The van der Waals surface area contributed by atoms with Crippen LogP contribution in [0.25, 0.3) is 0 Å². The number of piperazine rings is 1. The Balaban J connectivity index is 1.49. The number of nitrogens with zero attached hydrogens (tertiary/aromatic N) is 3. The fraction of sp³-hybridized carbons (Fsp3) is 0.316. The Hall–Kier alpha value is -3.09. The fourth-order valence-corrected chi connectivity index (χ4v) is 3.01. The lowest BCUT2D eigenvalue weighted by Gasteiger charge is -2.35. The molecule has 26 heavy (non-hydrogen) atoms. The van der Waals surface area contributed by atoms with Crippen LogP contribution < -0.4 is 9.64 Å². The van der Waals surface area contributed by atoms with Crippen molar-refractivity contribution >= 4 is 17.3 Å². The number of nitro groups is 1. The molecule has 1 saturated heterocycles. The van der Waals surface area contributed by atoms with E-state index >= 15 is 0 Å². The van der Waals surface area contributed by atoms with Crippen LogP contribution in [0.2, 0.25) is 0 Å². The van der Waals surface area contributed by atoms with Gasteiger partial charge in [0.15, 0.2) is 0 Å². The van der Waals surface area contributed by atoms with Crippen molar-refractivity contribution in [3.63, 3.8) is 0 Å². The van der Waals surface area contributed by atoms with E-state index in [2.05, 4.69) is 0 Å². The molecule has 0 atom stereocenters. The van der Waals surface area contributed by atoms with Crippen LogP contribution in [-0.2, 0) is 4.79 Å². The molecule has 0 N–H and O–H groups in total. The summed E-state index contributed by atoms with van der Waals surface area (Å²) in [6.07, 6.45) is 0.320. The van der Waals surface area contributed by atoms with E-state index in [4.69, 9.17) is 4.74 Å². The predicted octanol–water partition coefficient (Wildman–Crippen LogP) is 2.71. The van der Waals surface area contributed by atoms with E-state index in [1.807, 2.05) is 35.2 Å². The van der Waals surface area contributed by atoms with Crippen molar-refractivity contribution in [3.8, 4) is 5.75 Å². The van der Waals surface area contributed by atoms with Crippen molar-refractivity contribution in [2.24, 2.45) is 0 Å². The van der Waals surface area contributed by atoms with E-state index in [0.29, 0.717) is 44.9 Å². The molecule has 1 amide bonds. The van der Waals surface area contributed by atoms with Gasteiger partial charge in [0.25, 0.3) is 5.69 Å². The SMILES string of the molecule is O=C(CCOc1ccccc1)N1CCN(c2ccccc2[N+](=O)[O-])CC1. The highest BCUT2D eigenvalue weighted by Gasteiger charge is 2.25. The van der Waals surface area contributed by atoms with Gasteiger partial charge in [0, 0.05) is 32.2 Å². The standard InChI is InChI=1S/C19H21N3O4/c23-19(10-15-26-16-6-2-1-3-7-16)21-13-11-20(12-14-21)17-8-4-5-9-18(17)22(24)25/h1-9H,10-15H2. The zero-order valence-electron chi connectivity index (χ0n) is 14.4. The molecule has 7 nitrogen and oxygen atoms in total. The van der Waals surface area contributed by atoms with Crippen molar-refractivity contribution in [1.29, 1.82) is 0 Å². The number of rotatable bonds is 6. The summed E-state index contributed by atoms with van der Waals surface area (Å²) in [6.45, 7) is 2.60. The molecule has 0 radical (unpaired) electrons. The molecule has 7 heteroatoms. The molecule has 0 aromatic heterocycles. The fourth-order valence-electron chi connectivity index (χ4n) is 3.01. The zero-order valence-corrected chi connectivity index (χ0v) is 14.4. The third kappa shape index (κ3) is 4.30. The van der Waals surface area contributed by atoms with Crippen molar-refractivity contribution in [1.82, 2.24) is 4.90 Å². The van der Waals surface area contributed by atoms with Crippen LogP contribution in [0.5, 0.6) is 5.75 Å². The van der Waals surface area contributed by atoms with Gasteiger partial charge in [-0.15, -0.1) is 0 Å². The highest BCUT2D eigenvalue weighted by molar-refractivity contribution is 5.77. The maximum atomic E-state index is 12.3. The third-order valence-corrected chi connectivity index (χ3v) is 4.38. The van der Waals surface area contributed by atoms with Crippen LogP contribution in [-0.4, -0.2) is 48.5 Å². The van der Waals surface area contributed by atoms with Crippen LogP contribution in [0.4, 0.5) is 11.4 Å². The second kappa shape index (κ2) is 8.33. The van der Waals surface area contributed by atoms with Crippen LogP contribution in [0.15, 0.2) is 54.6 Å². The summed E-state index contributed by atoms with van der Waals surface area (Å²) in [5.74, 6) is 0.796. The predicted molar refractivity (Wildman–Crippen MR) is 98.4 cm³/mol. The molecule has 3 rings (SSSR count). The lowest BCUT2D eigenvalue weighted by Crippen LogP contribution is -2.49. The first kappa shape index (κ1) is 17.7. The van der Waals surface area contributed by atoms with Crippen molar-refractivity contribution in [3.05, 3.63) is 64.7 Å². The third-order valence-electron chi connectivity index (χ3n) is 4.38. The average molecular weight is 355 g/mol. The topological polar surface area (TPSA) is 75.9 Å². The largest absolute Gasteiger partial charge is 0.493 e. The van der Waals surface area contributed by atoms with Gasteiger partial charge in [-0.25, -0.2) is 0 Å². The van der Waals surface area contributed by atoms with Gasteiger partial charge >= 0.3 is 0 Å². The maximum absolute atomic E-state index is 12.3. The molecule has 1 heterocycles. The van der Waals surface area contributed by atoms with Gasteiger partial charge < -0.3 is 14.5 Å². The van der Waals surface area contributed by atoms with Crippen LogP contribution in [0.3, 0.4) is 0 Å².